The fourth-order valence-corrected chi connectivity index (χ4v) is 3.09. The molecule has 2 rings (SSSR count). The molecule has 2 fully saturated rings. The lowest BCUT2D eigenvalue weighted by Crippen LogP contribution is -2.41. The number of nitrogens with one attached hydrogen (secondary N) is 1. The van der Waals surface area contributed by atoms with E-state index < -0.39 is 0 Å². The Kier molecular flexibility index (Phi) is 3.53. The number of thioether (sulfide) groups is 1. The Morgan fingerprint density at radius 3 is 2.73 bits per heavy atom. The van der Waals surface area contributed by atoms with Gasteiger partial charge in [0.1, 0.15) is 6.04 Å². The molecule has 2 aliphatic rings. The van der Waals surface area contributed by atoms with E-state index in [9.17, 15) is 4.79 Å². The van der Waals surface area contributed by atoms with Gasteiger partial charge in [-0.2, -0.15) is 5.26 Å². The zero-order chi connectivity index (χ0) is 10.7. The Morgan fingerprint density at radius 2 is 2.20 bits per heavy atom. The largest absolute Gasteiger partial charge is 0.339 e. The van der Waals surface area contributed by atoms with Crippen molar-refractivity contribution >= 4 is 17.7 Å². The van der Waals surface area contributed by atoms with Crippen molar-refractivity contribution in [2.24, 2.45) is 5.92 Å². The van der Waals surface area contributed by atoms with Crippen molar-refractivity contribution < 1.29 is 4.79 Å². The SMILES string of the molecule is N#CC(NC(=O)C1CCCCS1)C1CC1. The number of amides is 1. The maximum absolute atomic E-state index is 11.8. The molecule has 4 heteroatoms. The van der Waals surface area contributed by atoms with Crippen LogP contribution < -0.4 is 5.32 Å². The van der Waals surface area contributed by atoms with Gasteiger partial charge in [0.25, 0.3) is 0 Å². The van der Waals surface area contributed by atoms with E-state index in [2.05, 4.69) is 11.4 Å². The van der Waals surface area contributed by atoms with E-state index in [4.69, 9.17) is 5.26 Å². The van der Waals surface area contributed by atoms with Crippen molar-refractivity contribution in [3.63, 3.8) is 0 Å². The lowest BCUT2D eigenvalue weighted by Gasteiger charge is -2.21. The van der Waals surface area contributed by atoms with Crippen LogP contribution in [0.15, 0.2) is 0 Å². The van der Waals surface area contributed by atoms with Gasteiger partial charge in [0.2, 0.25) is 5.91 Å². The number of rotatable bonds is 3. The molecule has 1 saturated carbocycles. The summed E-state index contributed by atoms with van der Waals surface area (Å²) in [6, 6.07) is 1.96. The highest BCUT2D eigenvalue weighted by atomic mass is 32.2. The highest BCUT2D eigenvalue weighted by Crippen LogP contribution is 2.33. The average molecular weight is 224 g/mol. The maximum Gasteiger partial charge on any atom is 0.234 e. The molecule has 3 nitrogen and oxygen atoms in total. The van der Waals surface area contributed by atoms with Crippen LogP contribution in [0.4, 0.5) is 0 Å². The highest BCUT2D eigenvalue weighted by Gasteiger charge is 2.34. The molecule has 0 aromatic rings. The molecule has 0 bridgehead atoms. The summed E-state index contributed by atoms with van der Waals surface area (Å²) in [5.74, 6) is 1.59. The number of carbonyl (C=O) groups excluding carboxylic acids is 1. The third kappa shape index (κ3) is 2.88. The van der Waals surface area contributed by atoms with Gasteiger partial charge in [0, 0.05) is 0 Å². The van der Waals surface area contributed by atoms with Crippen LogP contribution >= 0.6 is 11.8 Å². The molecule has 2 atom stereocenters. The van der Waals surface area contributed by atoms with Crippen LogP contribution in [0.3, 0.4) is 0 Å². The Morgan fingerprint density at radius 1 is 1.40 bits per heavy atom. The summed E-state index contributed by atoms with van der Waals surface area (Å²) in [6.07, 6.45) is 5.52. The van der Waals surface area contributed by atoms with E-state index in [-0.39, 0.29) is 17.2 Å². The average Bonchev–Trinajstić information content (AvgIpc) is 3.10. The van der Waals surface area contributed by atoms with Crippen LogP contribution in [0.5, 0.6) is 0 Å². The van der Waals surface area contributed by atoms with Crippen molar-refractivity contribution in [1.82, 2.24) is 5.32 Å². The molecule has 82 valence electrons. The quantitative estimate of drug-likeness (QED) is 0.793. The van der Waals surface area contributed by atoms with Crippen molar-refractivity contribution in [2.75, 3.05) is 5.75 Å². The van der Waals surface area contributed by atoms with Crippen LogP contribution in [-0.2, 0) is 4.79 Å². The molecule has 1 N–H and O–H groups in total. The zero-order valence-electron chi connectivity index (χ0n) is 8.74. The monoisotopic (exact) mass is 224 g/mol. The highest BCUT2D eigenvalue weighted by molar-refractivity contribution is 8.00. The van der Waals surface area contributed by atoms with Gasteiger partial charge in [-0.3, -0.25) is 4.79 Å². The standard InChI is InChI=1S/C11H16N2OS/c12-7-9(8-4-5-8)13-11(14)10-3-1-2-6-15-10/h8-10H,1-6H2,(H,13,14). The molecule has 1 aliphatic heterocycles. The number of carbonyl (C=O) groups is 1. The Balaban J connectivity index is 1.82. The first-order valence-corrected chi connectivity index (χ1v) is 6.67. The Labute approximate surface area is 94.6 Å². The van der Waals surface area contributed by atoms with Gasteiger partial charge < -0.3 is 5.32 Å². The Bertz CT molecular complexity index is 277. The molecule has 15 heavy (non-hydrogen) atoms. The maximum atomic E-state index is 11.8. The lowest BCUT2D eigenvalue weighted by atomic mass is 10.1. The van der Waals surface area contributed by atoms with Gasteiger partial charge in [-0.15, -0.1) is 11.8 Å². The van der Waals surface area contributed by atoms with Crippen LogP contribution in [-0.4, -0.2) is 23.0 Å². The molecular weight excluding hydrogens is 208 g/mol. The molecule has 0 aromatic carbocycles. The minimum Gasteiger partial charge on any atom is -0.339 e. The third-order valence-electron chi connectivity index (χ3n) is 3.00. The zero-order valence-corrected chi connectivity index (χ0v) is 9.55. The van der Waals surface area contributed by atoms with E-state index >= 15 is 0 Å². The molecular formula is C11H16N2OS. The second-order valence-electron chi connectivity index (χ2n) is 4.31. The van der Waals surface area contributed by atoms with Gasteiger partial charge in [-0.1, -0.05) is 6.42 Å². The van der Waals surface area contributed by atoms with E-state index in [1.807, 2.05) is 0 Å². The van der Waals surface area contributed by atoms with E-state index in [1.54, 1.807) is 11.8 Å². The predicted molar refractivity (Wildman–Crippen MR) is 60.4 cm³/mol. The van der Waals surface area contributed by atoms with Crippen molar-refractivity contribution in [1.29, 1.82) is 5.26 Å². The van der Waals surface area contributed by atoms with Crippen molar-refractivity contribution in [3.8, 4) is 6.07 Å². The number of hydrogen-bond donors (Lipinski definition) is 1. The van der Waals surface area contributed by atoms with Gasteiger partial charge in [-0.25, -0.2) is 0 Å². The van der Waals surface area contributed by atoms with Crippen LogP contribution in [0.25, 0.3) is 0 Å². The second kappa shape index (κ2) is 4.89. The lowest BCUT2D eigenvalue weighted by molar-refractivity contribution is -0.121. The Hall–Kier alpha value is -0.690. The second-order valence-corrected chi connectivity index (χ2v) is 5.62. The van der Waals surface area contributed by atoms with E-state index in [0.29, 0.717) is 5.92 Å². The van der Waals surface area contributed by atoms with Crippen molar-refractivity contribution in [3.05, 3.63) is 0 Å². The van der Waals surface area contributed by atoms with E-state index in [1.165, 1.54) is 6.42 Å². The van der Waals surface area contributed by atoms with Gasteiger partial charge in [0.15, 0.2) is 0 Å². The molecule has 1 amide bonds. The summed E-state index contributed by atoms with van der Waals surface area (Å²) in [6.45, 7) is 0. The fraction of sp³-hybridized carbons (Fsp3) is 0.818. The minimum absolute atomic E-state index is 0.0816. The predicted octanol–water partition coefficient (Wildman–Crippen LogP) is 1.69. The fourth-order valence-electron chi connectivity index (χ4n) is 1.88. The van der Waals surface area contributed by atoms with Crippen LogP contribution in [0.2, 0.25) is 0 Å². The van der Waals surface area contributed by atoms with Gasteiger partial charge in [0.05, 0.1) is 11.3 Å². The molecule has 0 spiro atoms. The van der Waals surface area contributed by atoms with Gasteiger partial charge in [-0.05, 0) is 37.4 Å². The van der Waals surface area contributed by atoms with Crippen LogP contribution in [0.1, 0.15) is 32.1 Å². The first-order chi connectivity index (χ1) is 7.31. The topological polar surface area (TPSA) is 52.9 Å². The summed E-state index contributed by atoms with van der Waals surface area (Å²) in [4.78, 5) is 11.8. The third-order valence-corrected chi connectivity index (χ3v) is 4.38. The molecule has 0 aromatic heterocycles. The number of nitriles is 1. The first kappa shape index (κ1) is 10.8. The molecule has 1 heterocycles. The number of nitrogens with zero attached hydrogens (tertiary/aromatic N) is 1. The van der Waals surface area contributed by atoms with Gasteiger partial charge >= 0.3 is 0 Å². The summed E-state index contributed by atoms with van der Waals surface area (Å²) in [5.41, 5.74) is 0. The summed E-state index contributed by atoms with van der Waals surface area (Å²) >= 11 is 1.73. The molecule has 0 radical (unpaired) electrons. The van der Waals surface area contributed by atoms with Crippen LogP contribution in [0, 0.1) is 17.2 Å². The normalized spacial score (nSPS) is 27.8. The minimum atomic E-state index is -0.236. The smallest absolute Gasteiger partial charge is 0.234 e. The number of hydrogen-bond acceptors (Lipinski definition) is 3. The summed E-state index contributed by atoms with van der Waals surface area (Å²) in [5, 5.41) is 11.9. The molecule has 1 aliphatic carbocycles. The van der Waals surface area contributed by atoms with Crippen molar-refractivity contribution in [2.45, 2.75) is 43.4 Å². The summed E-state index contributed by atoms with van der Waals surface area (Å²) < 4.78 is 0. The molecule has 1 saturated heterocycles. The summed E-state index contributed by atoms with van der Waals surface area (Å²) in [7, 11) is 0. The first-order valence-electron chi connectivity index (χ1n) is 5.63. The molecule has 2 unspecified atom stereocenters. The van der Waals surface area contributed by atoms with E-state index in [0.717, 1.165) is 31.4 Å².